The summed E-state index contributed by atoms with van der Waals surface area (Å²) in [7, 11) is 0. The summed E-state index contributed by atoms with van der Waals surface area (Å²) in [6.07, 6.45) is 1.89. The smallest absolute Gasteiger partial charge is 0.132 e. The van der Waals surface area contributed by atoms with Crippen LogP contribution in [0.15, 0.2) is 211 Å². The van der Waals surface area contributed by atoms with Crippen molar-refractivity contribution >= 4 is 28.4 Å². The topological polar surface area (TPSA) is 71.4 Å². The fraction of sp³-hybridized carbons (Fsp3) is 0.0175. The minimum Gasteiger partial charge on any atom is -0.457 e. The van der Waals surface area contributed by atoms with Crippen LogP contribution in [0.25, 0.3) is 55.5 Å². The molecule has 286 valence electrons. The van der Waals surface area contributed by atoms with E-state index in [-0.39, 0.29) is 0 Å². The molecule has 4 heteroatoms. The lowest BCUT2D eigenvalue weighted by atomic mass is 9.66. The van der Waals surface area contributed by atoms with Crippen molar-refractivity contribution in [2.24, 2.45) is 10.7 Å². The molecule has 0 unspecified atom stereocenters. The van der Waals surface area contributed by atoms with Crippen molar-refractivity contribution in [3.63, 3.8) is 0 Å². The Morgan fingerprint density at radius 1 is 0.492 bits per heavy atom. The van der Waals surface area contributed by atoms with Crippen molar-refractivity contribution in [3.8, 4) is 50.9 Å². The van der Waals surface area contributed by atoms with Crippen LogP contribution in [0.1, 0.15) is 44.5 Å². The first-order chi connectivity index (χ1) is 30.1. The third-order valence-electron chi connectivity index (χ3n) is 12.2. The van der Waals surface area contributed by atoms with Gasteiger partial charge in [0.15, 0.2) is 0 Å². The molecule has 1 spiro atoms. The van der Waals surface area contributed by atoms with E-state index in [9.17, 15) is 5.26 Å². The molecule has 1 aliphatic heterocycles. The Bertz CT molecular complexity index is 3290. The van der Waals surface area contributed by atoms with Gasteiger partial charge in [-0.15, -0.1) is 0 Å². The molecular formula is C57H37N3O. The molecule has 2 aliphatic rings. The molecular weight excluding hydrogens is 743 g/mol. The Morgan fingerprint density at radius 2 is 1.11 bits per heavy atom. The number of aliphatic imine (C=N–C) groups is 1. The Balaban J connectivity index is 1.11. The van der Waals surface area contributed by atoms with Crippen LogP contribution in [0.3, 0.4) is 0 Å². The number of nitrogens with zero attached hydrogens (tertiary/aromatic N) is 2. The summed E-state index contributed by atoms with van der Waals surface area (Å²) < 4.78 is 6.61. The van der Waals surface area contributed by atoms with Crippen LogP contribution >= 0.6 is 0 Å². The predicted molar refractivity (Wildman–Crippen MR) is 248 cm³/mol. The second-order valence-corrected chi connectivity index (χ2v) is 15.6. The zero-order valence-electron chi connectivity index (χ0n) is 33.1. The zero-order chi connectivity index (χ0) is 40.9. The van der Waals surface area contributed by atoms with Gasteiger partial charge in [0.1, 0.15) is 11.5 Å². The molecule has 0 bridgehead atoms. The van der Waals surface area contributed by atoms with Crippen LogP contribution in [-0.2, 0) is 5.41 Å². The number of rotatable bonds is 6. The largest absolute Gasteiger partial charge is 0.457 e. The first-order valence-corrected chi connectivity index (χ1v) is 20.4. The van der Waals surface area contributed by atoms with Crippen molar-refractivity contribution < 1.29 is 4.74 Å². The van der Waals surface area contributed by atoms with Gasteiger partial charge >= 0.3 is 0 Å². The molecule has 9 aromatic rings. The third-order valence-corrected chi connectivity index (χ3v) is 12.2. The number of hydrogen-bond donors (Lipinski definition) is 1. The summed E-state index contributed by atoms with van der Waals surface area (Å²) in [5, 5.41) is 12.0. The van der Waals surface area contributed by atoms with Gasteiger partial charge in [-0.25, -0.2) is 0 Å². The first kappa shape index (κ1) is 35.9. The van der Waals surface area contributed by atoms with E-state index in [2.05, 4.69) is 164 Å². The maximum atomic E-state index is 9.58. The number of nitriles is 1. The molecule has 0 saturated heterocycles. The molecule has 0 atom stereocenters. The Labute approximate surface area is 354 Å². The fourth-order valence-electron chi connectivity index (χ4n) is 9.38. The van der Waals surface area contributed by atoms with Gasteiger partial charge in [0.2, 0.25) is 0 Å². The fourth-order valence-corrected chi connectivity index (χ4v) is 9.38. The summed E-state index contributed by atoms with van der Waals surface area (Å²) in [5.74, 6) is 1.68. The number of hydrogen-bond acceptors (Lipinski definition) is 4. The standard InChI is InChI=1S/C57H37N3O/c58-35-37-12-9-16-40(30-37)41-17-10-13-38(31-41)36-60-56(55(59)45-19-11-18-43(33-45)44-27-26-39-14-1-2-15-42(39)32-44)46-28-29-48-47-20-3-4-21-49(47)57(52(48)34-46)50-22-5-7-24-53(50)61-54-25-8-6-23-51(54)57/h1-34,36H,59H2/b56-55-,60-36+. The van der Waals surface area contributed by atoms with E-state index in [1.54, 1.807) is 0 Å². The number of benzene rings is 9. The lowest BCUT2D eigenvalue weighted by Crippen LogP contribution is -2.32. The van der Waals surface area contributed by atoms with Crippen LogP contribution < -0.4 is 10.5 Å². The molecule has 0 amide bonds. The Morgan fingerprint density at radius 3 is 1.90 bits per heavy atom. The van der Waals surface area contributed by atoms with Gasteiger partial charge in [0.25, 0.3) is 0 Å². The minimum atomic E-state index is -0.640. The number of fused-ring (bicyclic) bond motifs is 10. The van der Waals surface area contributed by atoms with Gasteiger partial charge in [-0.2, -0.15) is 5.26 Å². The van der Waals surface area contributed by atoms with Gasteiger partial charge < -0.3 is 10.5 Å². The van der Waals surface area contributed by atoms with E-state index in [0.717, 1.165) is 67.1 Å². The molecule has 61 heavy (non-hydrogen) atoms. The van der Waals surface area contributed by atoms with Crippen molar-refractivity contribution in [1.82, 2.24) is 0 Å². The molecule has 9 aromatic carbocycles. The van der Waals surface area contributed by atoms with Crippen molar-refractivity contribution in [1.29, 1.82) is 5.26 Å². The number of nitrogens with two attached hydrogens (primary N) is 1. The van der Waals surface area contributed by atoms with E-state index in [0.29, 0.717) is 17.0 Å². The van der Waals surface area contributed by atoms with Crippen LogP contribution in [0.5, 0.6) is 11.5 Å². The maximum Gasteiger partial charge on any atom is 0.132 e. The van der Waals surface area contributed by atoms with Crippen LogP contribution in [0, 0.1) is 11.3 Å². The molecule has 1 aliphatic carbocycles. The number of para-hydroxylation sites is 2. The molecule has 2 N–H and O–H groups in total. The average molecular weight is 780 g/mol. The predicted octanol–water partition coefficient (Wildman–Crippen LogP) is 13.4. The molecule has 0 aromatic heterocycles. The Kier molecular flexibility index (Phi) is 8.55. The maximum absolute atomic E-state index is 9.58. The Hall–Kier alpha value is -8.26. The van der Waals surface area contributed by atoms with E-state index in [1.807, 2.05) is 54.7 Å². The second kappa shape index (κ2) is 14.5. The van der Waals surface area contributed by atoms with E-state index in [1.165, 1.54) is 27.5 Å². The molecule has 0 fully saturated rings. The average Bonchev–Trinajstić information content (AvgIpc) is 3.61. The minimum absolute atomic E-state index is 0.564. The highest BCUT2D eigenvalue weighted by molar-refractivity contribution is 5.98. The summed E-state index contributed by atoms with van der Waals surface area (Å²) in [6.45, 7) is 0. The molecule has 1 heterocycles. The highest BCUT2D eigenvalue weighted by Gasteiger charge is 2.51. The summed E-state index contributed by atoms with van der Waals surface area (Å²) in [4.78, 5) is 5.30. The zero-order valence-corrected chi connectivity index (χ0v) is 33.1. The monoisotopic (exact) mass is 779 g/mol. The van der Waals surface area contributed by atoms with Gasteiger partial charge in [0, 0.05) is 28.5 Å². The first-order valence-electron chi connectivity index (χ1n) is 20.4. The molecule has 0 saturated carbocycles. The van der Waals surface area contributed by atoms with E-state index >= 15 is 0 Å². The van der Waals surface area contributed by atoms with Crippen molar-refractivity contribution in [2.75, 3.05) is 0 Å². The summed E-state index contributed by atoms with van der Waals surface area (Å²) in [6, 6.07) is 73.8. The van der Waals surface area contributed by atoms with Gasteiger partial charge in [-0.05, 0) is 109 Å². The van der Waals surface area contributed by atoms with Crippen LogP contribution in [0.2, 0.25) is 0 Å². The SMILES string of the molecule is N#Cc1cccc(-c2cccc(/C=N/C(=C(\N)c3cccc(-c4ccc5ccccc5c4)c3)c3ccc4c(c3)C3(c5ccccc5Oc5ccccc53)c3ccccc3-4)c2)c1. The van der Waals surface area contributed by atoms with E-state index in [4.69, 9.17) is 15.5 Å². The van der Waals surface area contributed by atoms with Gasteiger partial charge in [-0.3, -0.25) is 4.99 Å². The van der Waals surface area contributed by atoms with Crippen LogP contribution in [0.4, 0.5) is 0 Å². The number of ether oxygens (including phenoxy) is 1. The molecule has 11 rings (SSSR count). The van der Waals surface area contributed by atoms with Gasteiger partial charge in [0.05, 0.1) is 28.4 Å². The van der Waals surface area contributed by atoms with E-state index < -0.39 is 5.41 Å². The van der Waals surface area contributed by atoms with Crippen molar-refractivity contribution in [2.45, 2.75) is 5.41 Å². The highest BCUT2D eigenvalue weighted by atomic mass is 16.5. The molecule has 4 nitrogen and oxygen atoms in total. The second-order valence-electron chi connectivity index (χ2n) is 15.6. The lowest BCUT2D eigenvalue weighted by molar-refractivity contribution is 0.436. The summed E-state index contributed by atoms with van der Waals surface area (Å²) in [5.41, 5.74) is 22.3. The third kappa shape index (κ3) is 5.94. The normalized spacial score (nSPS) is 13.4. The molecule has 0 radical (unpaired) electrons. The summed E-state index contributed by atoms with van der Waals surface area (Å²) >= 11 is 0. The highest BCUT2D eigenvalue weighted by Crippen LogP contribution is 2.62. The van der Waals surface area contributed by atoms with Crippen LogP contribution in [-0.4, -0.2) is 6.21 Å². The van der Waals surface area contributed by atoms with Gasteiger partial charge in [-0.1, -0.05) is 158 Å². The lowest BCUT2D eigenvalue weighted by Gasteiger charge is -2.39. The van der Waals surface area contributed by atoms with Crippen molar-refractivity contribution in [3.05, 3.63) is 251 Å². The quantitative estimate of drug-likeness (QED) is 0.135.